The average Bonchev–Trinajstić information content (AvgIpc) is 3.32. The van der Waals surface area contributed by atoms with Crippen LogP contribution in [0, 0.1) is 12.3 Å². The zero-order valence-electron chi connectivity index (χ0n) is 22.5. The number of rotatable bonds is 10. The van der Waals surface area contributed by atoms with Gasteiger partial charge in [-0.2, -0.15) is 0 Å². The van der Waals surface area contributed by atoms with E-state index in [9.17, 15) is 4.79 Å². The number of carbonyl (C=O) groups excluding carboxylic acids is 1. The minimum absolute atomic E-state index is 0.0605. The Morgan fingerprint density at radius 2 is 1.68 bits per heavy atom. The predicted octanol–water partition coefficient (Wildman–Crippen LogP) is 4.46. The number of nitrogens with one attached hydrogen (secondary N) is 1. The first-order chi connectivity index (χ1) is 19.4. The van der Waals surface area contributed by atoms with Gasteiger partial charge in [0.25, 0.3) is 5.91 Å². The number of hydrogen-bond acceptors (Lipinski definition) is 5. The molecule has 202 valence electrons. The number of imidazole rings is 1. The molecule has 8 nitrogen and oxygen atoms in total. The molecule has 0 radical (unpaired) electrons. The highest BCUT2D eigenvalue weighted by Crippen LogP contribution is 2.23. The number of amides is 1. The summed E-state index contributed by atoms with van der Waals surface area (Å²) in [5, 5.41) is 7.63. The Labute approximate surface area is 233 Å². The molecular weight excluding hydrogens is 498 g/mol. The maximum atomic E-state index is 13.6. The summed E-state index contributed by atoms with van der Waals surface area (Å²) in [5.74, 6) is 0.868. The molecule has 0 aliphatic rings. The zero-order valence-corrected chi connectivity index (χ0v) is 22.5. The Morgan fingerprint density at radius 1 is 0.950 bits per heavy atom. The zero-order chi connectivity index (χ0) is 28.1. The molecule has 1 amide bonds. The third-order valence-electron chi connectivity index (χ3n) is 6.99. The molecule has 0 aliphatic heterocycles. The largest absolute Gasteiger partial charge is 0.384 e. The molecule has 5 rings (SSSR count). The molecule has 5 aromatic rings. The maximum Gasteiger partial charge on any atom is 0.258 e. The number of nitrogens with zero attached hydrogens (tertiary/aromatic N) is 4. The number of nitrogen functional groups attached to an aromatic ring is 1. The minimum atomic E-state index is -0.138. The molecule has 0 unspecified atom stereocenters. The Kier molecular flexibility index (Phi) is 7.98. The second-order valence-corrected chi connectivity index (χ2v) is 9.87. The van der Waals surface area contributed by atoms with Gasteiger partial charge in [0.05, 0.1) is 22.9 Å². The van der Waals surface area contributed by atoms with Crippen molar-refractivity contribution in [3.63, 3.8) is 0 Å². The van der Waals surface area contributed by atoms with Crippen LogP contribution in [-0.2, 0) is 19.4 Å². The third-order valence-corrected chi connectivity index (χ3v) is 6.99. The first-order valence-corrected chi connectivity index (χ1v) is 13.3. The maximum absolute atomic E-state index is 13.6. The number of pyridine rings is 1. The average molecular weight is 532 g/mol. The minimum Gasteiger partial charge on any atom is -0.384 e. The van der Waals surface area contributed by atoms with Crippen molar-refractivity contribution in [2.45, 2.75) is 26.3 Å². The van der Waals surface area contributed by atoms with Crippen LogP contribution >= 0.6 is 0 Å². The van der Waals surface area contributed by atoms with Gasteiger partial charge in [-0.15, -0.1) is 0 Å². The lowest BCUT2D eigenvalue weighted by molar-refractivity contribution is 0.0987. The van der Waals surface area contributed by atoms with E-state index in [1.165, 1.54) is 11.1 Å². The monoisotopic (exact) mass is 531 g/mol. The molecule has 2 aromatic heterocycles. The van der Waals surface area contributed by atoms with Crippen molar-refractivity contribution in [1.29, 1.82) is 5.41 Å². The summed E-state index contributed by atoms with van der Waals surface area (Å²) in [5.41, 5.74) is 18.7. The number of amidine groups is 1. The number of aromatic nitrogens is 3. The normalized spacial score (nSPS) is 11.1. The second-order valence-electron chi connectivity index (χ2n) is 9.87. The highest BCUT2D eigenvalue weighted by molar-refractivity contribution is 6.07. The Balaban J connectivity index is 1.48. The highest BCUT2D eigenvalue weighted by Gasteiger charge is 2.20. The van der Waals surface area contributed by atoms with Crippen molar-refractivity contribution in [3.8, 4) is 0 Å². The highest BCUT2D eigenvalue weighted by atomic mass is 16.2. The lowest BCUT2D eigenvalue weighted by Crippen LogP contribution is -2.35. The number of aryl methyl sites for hydroxylation is 3. The Hall–Kier alpha value is -4.82. The molecule has 5 N–H and O–H groups in total. The first kappa shape index (κ1) is 26.8. The van der Waals surface area contributed by atoms with Crippen molar-refractivity contribution in [2.75, 3.05) is 18.0 Å². The van der Waals surface area contributed by atoms with Gasteiger partial charge in [-0.25, -0.2) is 4.98 Å². The van der Waals surface area contributed by atoms with Crippen LogP contribution in [0.2, 0.25) is 0 Å². The van der Waals surface area contributed by atoms with Crippen LogP contribution in [0.5, 0.6) is 0 Å². The molecule has 0 saturated carbocycles. The van der Waals surface area contributed by atoms with Gasteiger partial charge in [-0.1, -0.05) is 54.1 Å². The van der Waals surface area contributed by atoms with E-state index in [0.29, 0.717) is 36.4 Å². The lowest BCUT2D eigenvalue weighted by Gasteiger charge is -2.21. The smallest absolute Gasteiger partial charge is 0.258 e. The van der Waals surface area contributed by atoms with Gasteiger partial charge in [0.15, 0.2) is 0 Å². The van der Waals surface area contributed by atoms with Gasteiger partial charge >= 0.3 is 0 Å². The van der Waals surface area contributed by atoms with E-state index in [0.717, 1.165) is 35.3 Å². The van der Waals surface area contributed by atoms with Gasteiger partial charge in [0, 0.05) is 43.4 Å². The summed E-state index contributed by atoms with van der Waals surface area (Å²) in [7, 11) is 0. The number of fused-ring (bicyclic) bond motifs is 1. The van der Waals surface area contributed by atoms with Crippen molar-refractivity contribution >= 4 is 28.5 Å². The van der Waals surface area contributed by atoms with Gasteiger partial charge in [0.1, 0.15) is 11.7 Å². The quantitative estimate of drug-likeness (QED) is 0.181. The molecule has 40 heavy (non-hydrogen) atoms. The molecule has 0 spiro atoms. The SMILES string of the molecule is Cc1ccc(Cn2c(CCc3ccc(C(=N)N)cc3)nc3cc(C(=O)N(CCN)c4cccnc4)ccc32)cc1. The molecule has 3 aromatic carbocycles. The van der Waals surface area contributed by atoms with Crippen molar-refractivity contribution in [3.05, 3.63) is 125 Å². The van der Waals surface area contributed by atoms with Gasteiger partial charge in [-0.3, -0.25) is 15.2 Å². The predicted molar refractivity (Wildman–Crippen MR) is 160 cm³/mol. The van der Waals surface area contributed by atoms with Crippen molar-refractivity contribution in [1.82, 2.24) is 14.5 Å². The third kappa shape index (κ3) is 5.92. The molecule has 2 heterocycles. The fraction of sp³-hybridized carbons (Fsp3) is 0.188. The van der Waals surface area contributed by atoms with Crippen LogP contribution in [0.1, 0.15) is 38.4 Å². The molecule has 0 fully saturated rings. The molecular formula is C32H33N7O. The van der Waals surface area contributed by atoms with Gasteiger partial charge in [-0.05, 0) is 54.8 Å². The summed E-state index contributed by atoms with van der Waals surface area (Å²) in [6, 6.07) is 25.7. The Morgan fingerprint density at radius 3 is 2.35 bits per heavy atom. The van der Waals surface area contributed by atoms with E-state index in [4.69, 9.17) is 21.9 Å². The summed E-state index contributed by atoms with van der Waals surface area (Å²) in [6.07, 6.45) is 4.86. The standard InChI is InChI=1S/C32H33N7O/c1-22-4-6-24(7-5-22)21-39-29-14-13-26(32(40)38(18-16-33)27-3-2-17-36-20-27)19-28(29)37-30(39)15-10-23-8-11-25(12-9-23)31(34)35/h2-9,11-14,17,19-20H,10,15-16,18,21,33H2,1H3,(H3,34,35). The summed E-state index contributed by atoms with van der Waals surface area (Å²) < 4.78 is 2.23. The number of nitrogens with two attached hydrogens (primary N) is 2. The molecule has 8 heteroatoms. The second kappa shape index (κ2) is 11.9. The van der Waals surface area contributed by atoms with Gasteiger partial charge < -0.3 is 20.9 Å². The van der Waals surface area contributed by atoms with Crippen molar-refractivity contribution in [2.24, 2.45) is 11.5 Å². The van der Waals surface area contributed by atoms with Gasteiger partial charge in [0.2, 0.25) is 0 Å². The van der Waals surface area contributed by atoms with E-state index in [2.05, 4.69) is 40.7 Å². The van der Waals surface area contributed by atoms with Crippen LogP contribution in [0.3, 0.4) is 0 Å². The Bertz CT molecular complexity index is 1620. The topological polar surface area (TPSA) is 127 Å². The van der Waals surface area contributed by atoms with E-state index < -0.39 is 0 Å². The van der Waals surface area contributed by atoms with E-state index in [-0.39, 0.29) is 11.7 Å². The summed E-state index contributed by atoms with van der Waals surface area (Å²) in [6.45, 7) is 3.48. The molecule has 0 saturated heterocycles. The van der Waals surface area contributed by atoms with E-state index in [1.807, 2.05) is 54.6 Å². The van der Waals surface area contributed by atoms with Crippen molar-refractivity contribution < 1.29 is 4.79 Å². The van der Waals surface area contributed by atoms with Crippen LogP contribution in [0.15, 0.2) is 91.3 Å². The lowest BCUT2D eigenvalue weighted by atomic mass is 10.1. The van der Waals surface area contributed by atoms with E-state index in [1.54, 1.807) is 17.3 Å². The molecule has 0 aliphatic carbocycles. The first-order valence-electron chi connectivity index (χ1n) is 13.3. The summed E-state index contributed by atoms with van der Waals surface area (Å²) in [4.78, 5) is 24.4. The number of anilines is 1. The fourth-order valence-electron chi connectivity index (χ4n) is 4.81. The molecule has 0 atom stereocenters. The van der Waals surface area contributed by atoms with E-state index >= 15 is 0 Å². The number of hydrogen-bond donors (Lipinski definition) is 3. The summed E-state index contributed by atoms with van der Waals surface area (Å²) >= 11 is 0. The number of carbonyl (C=O) groups is 1. The van der Waals surface area contributed by atoms with Crippen LogP contribution in [0.25, 0.3) is 11.0 Å². The molecule has 0 bridgehead atoms. The van der Waals surface area contributed by atoms with Crippen LogP contribution in [0.4, 0.5) is 5.69 Å². The number of benzene rings is 3. The van der Waals surface area contributed by atoms with Crippen LogP contribution in [-0.4, -0.2) is 39.4 Å². The van der Waals surface area contributed by atoms with Crippen LogP contribution < -0.4 is 16.4 Å². The fourth-order valence-corrected chi connectivity index (χ4v) is 4.81.